The lowest BCUT2D eigenvalue weighted by atomic mass is 9.55. The van der Waals surface area contributed by atoms with Gasteiger partial charge in [0.15, 0.2) is 0 Å². The molecule has 0 amide bonds. The van der Waals surface area contributed by atoms with Gasteiger partial charge in [-0.2, -0.15) is 0 Å². The van der Waals surface area contributed by atoms with Crippen molar-refractivity contribution in [3.8, 4) is 0 Å². The second-order valence-electron chi connectivity index (χ2n) is 5.62. The fraction of sp³-hybridized carbons (Fsp3) is 0.692. The van der Waals surface area contributed by atoms with E-state index in [2.05, 4.69) is 36.3 Å². The standard InChI is InChI=1S/C13H20N2O/c1-13(2)11(14-15-7-3-4-8-15)10-6-5-9-16-12(10)13/h3-4,7-8,10-12,14H,5-6,9H2,1-2H3. The van der Waals surface area contributed by atoms with Gasteiger partial charge in [0.05, 0.1) is 12.1 Å². The van der Waals surface area contributed by atoms with E-state index in [4.69, 9.17) is 4.74 Å². The van der Waals surface area contributed by atoms with Crippen molar-refractivity contribution >= 4 is 0 Å². The van der Waals surface area contributed by atoms with E-state index in [1.165, 1.54) is 12.8 Å². The number of aromatic nitrogens is 1. The van der Waals surface area contributed by atoms with Crippen LogP contribution < -0.4 is 5.43 Å². The molecule has 3 heteroatoms. The third-order valence-electron chi connectivity index (χ3n) is 4.22. The molecule has 3 nitrogen and oxygen atoms in total. The van der Waals surface area contributed by atoms with Crippen LogP contribution in [0, 0.1) is 11.3 Å². The molecule has 3 atom stereocenters. The van der Waals surface area contributed by atoms with Gasteiger partial charge < -0.3 is 10.2 Å². The van der Waals surface area contributed by atoms with Crippen LogP contribution in [0.25, 0.3) is 0 Å². The van der Waals surface area contributed by atoms with E-state index >= 15 is 0 Å². The number of rotatable bonds is 2. The van der Waals surface area contributed by atoms with Crippen LogP contribution in [-0.4, -0.2) is 23.4 Å². The summed E-state index contributed by atoms with van der Waals surface area (Å²) in [4.78, 5) is 0. The lowest BCUT2D eigenvalue weighted by Gasteiger charge is -2.60. The second kappa shape index (κ2) is 3.52. The maximum atomic E-state index is 5.89. The Morgan fingerprint density at radius 3 is 2.81 bits per heavy atom. The van der Waals surface area contributed by atoms with Crippen molar-refractivity contribution < 1.29 is 4.74 Å². The molecule has 88 valence electrons. The quantitative estimate of drug-likeness (QED) is 0.827. The van der Waals surface area contributed by atoms with E-state index in [1.807, 2.05) is 12.1 Å². The number of hydrogen-bond donors (Lipinski definition) is 1. The van der Waals surface area contributed by atoms with E-state index in [9.17, 15) is 0 Å². The van der Waals surface area contributed by atoms with Crippen molar-refractivity contribution in [3.05, 3.63) is 24.5 Å². The first-order valence-corrected chi connectivity index (χ1v) is 6.21. The normalized spacial score (nSPS) is 36.2. The predicted molar refractivity (Wildman–Crippen MR) is 63.8 cm³/mol. The number of ether oxygens (including phenoxy) is 1. The molecule has 2 heterocycles. The molecule has 1 saturated carbocycles. The van der Waals surface area contributed by atoms with Crippen molar-refractivity contribution in [1.29, 1.82) is 0 Å². The van der Waals surface area contributed by atoms with Crippen LogP contribution in [0.15, 0.2) is 24.5 Å². The van der Waals surface area contributed by atoms with Crippen molar-refractivity contribution in [1.82, 2.24) is 4.68 Å². The summed E-state index contributed by atoms with van der Waals surface area (Å²) in [6, 6.07) is 4.63. The average molecular weight is 220 g/mol. The lowest BCUT2D eigenvalue weighted by molar-refractivity contribution is -0.180. The molecule has 3 unspecified atom stereocenters. The molecule has 0 aromatic carbocycles. The Bertz CT molecular complexity index is 358. The van der Waals surface area contributed by atoms with E-state index in [-0.39, 0.29) is 5.41 Å². The second-order valence-corrected chi connectivity index (χ2v) is 5.62. The van der Waals surface area contributed by atoms with Crippen LogP contribution in [-0.2, 0) is 4.74 Å². The summed E-state index contributed by atoms with van der Waals surface area (Å²) in [6.45, 7) is 5.56. The van der Waals surface area contributed by atoms with Crippen LogP contribution in [0.1, 0.15) is 26.7 Å². The molecule has 0 spiro atoms. The minimum Gasteiger partial charge on any atom is -0.377 e. The Morgan fingerprint density at radius 1 is 1.31 bits per heavy atom. The fourth-order valence-electron chi connectivity index (χ4n) is 3.37. The maximum absolute atomic E-state index is 5.89. The van der Waals surface area contributed by atoms with Crippen LogP contribution in [0.5, 0.6) is 0 Å². The van der Waals surface area contributed by atoms with Gasteiger partial charge in [0.2, 0.25) is 0 Å². The Balaban J connectivity index is 1.75. The highest BCUT2D eigenvalue weighted by molar-refractivity contribution is 5.15. The molecule has 16 heavy (non-hydrogen) atoms. The smallest absolute Gasteiger partial charge is 0.0694 e. The van der Waals surface area contributed by atoms with Gasteiger partial charge in [-0.1, -0.05) is 13.8 Å². The first kappa shape index (κ1) is 10.2. The summed E-state index contributed by atoms with van der Waals surface area (Å²) in [5.41, 5.74) is 3.83. The van der Waals surface area contributed by atoms with Gasteiger partial charge >= 0.3 is 0 Å². The first-order valence-electron chi connectivity index (χ1n) is 6.21. The molecule has 1 N–H and O–H groups in total. The Labute approximate surface area is 96.8 Å². The average Bonchev–Trinajstić information content (AvgIpc) is 2.79. The van der Waals surface area contributed by atoms with Crippen LogP contribution in [0.3, 0.4) is 0 Å². The summed E-state index contributed by atoms with van der Waals surface area (Å²) < 4.78 is 7.96. The van der Waals surface area contributed by atoms with E-state index in [0.717, 1.165) is 6.61 Å². The lowest BCUT2D eigenvalue weighted by Crippen LogP contribution is -2.68. The maximum Gasteiger partial charge on any atom is 0.0694 e. The highest BCUT2D eigenvalue weighted by Gasteiger charge is 2.58. The molecular weight excluding hydrogens is 200 g/mol. The highest BCUT2D eigenvalue weighted by atomic mass is 16.5. The monoisotopic (exact) mass is 220 g/mol. The molecule has 1 aromatic heterocycles. The summed E-state index contributed by atoms with van der Waals surface area (Å²) in [5.74, 6) is 0.686. The zero-order valence-electron chi connectivity index (χ0n) is 10.0. The summed E-state index contributed by atoms with van der Waals surface area (Å²) >= 11 is 0. The fourth-order valence-corrected chi connectivity index (χ4v) is 3.37. The van der Waals surface area contributed by atoms with Gasteiger partial charge in [-0.15, -0.1) is 0 Å². The minimum atomic E-state index is 0.245. The van der Waals surface area contributed by atoms with Gasteiger partial charge in [-0.05, 0) is 25.0 Å². The largest absolute Gasteiger partial charge is 0.377 e. The van der Waals surface area contributed by atoms with Crippen molar-refractivity contribution in [3.63, 3.8) is 0 Å². The first-order chi connectivity index (χ1) is 7.69. The van der Waals surface area contributed by atoms with E-state index < -0.39 is 0 Å². The van der Waals surface area contributed by atoms with Crippen molar-refractivity contribution in [2.24, 2.45) is 11.3 Å². The zero-order valence-corrected chi connectivity index (χ0v) is 10.0. The molecule has 1 aliphatic heterocycles. The Hall–Kier alpha value is -0.960. The number of nitrogens with zero attached hydrogens (tertiary/aromatic N) is 1. The molecular formula is C13H20N2O. The SMILES string of the molecule is CC1(C)C(Nn2cccc2)C2CCCOC21. The number of hydrogen-bond acceptors (Lipinski definition) is 2. The predicted octanol–water partition coefficient (Wildman–Crippen LogP) is 2.24. The third kappa shape index (κ3) is 1.38. The molecule has 1 aromatic rings. The molecule has 2 aliphatic rings. The number of fused-ring (bicyclic) bond motifs is 1. The Morgan fingerprint density at radius 2 is 2.06 bits per heavy atom. The van der Waals surface area contributed by atoms with Crippen molar-refractivity contribution in [2.45, 2.75) is 38.8 Å². The van der Waals surface area contributed by atoms with Gasteiger partial charge in [-0.3, -0.25) is 4.68 Å². The van der Waals surface area contributed by atoms with Crippen LogP contribution in [0.2, 0.25) is 0 Å². The van der Waals surface area contributed by atoms with E-state index in [1.54, 1.807) is 0 Å². The zero-order chi connectivity index (χ0) is 11.2. The summed E-state index contributed by atoms with van der Waals surface area (Å²) in [5, 5.41) is 0. The molecule has 1 aliphatic carbocycles. The van der Waals surface area contributed by atoms with Crippen molar-refractivity contribution in [2.75, 3.05) is 12.0 Å². The van der Waals surface area contributed by atoms with Gasteiger partial charge in [0, 0.05) is 30.3 Å². The van der Waals surface area contributed by atoms with Gasteiger partial charge in [0.25, 0.3) is 0 Å². The van der Waals surface area contributed by atoms with Crippen LogP contribution in [0.4, 0.5) is 0 Å². The van der Waals surface area contributed by atoms with Gasteiger partial charge in [-0.25, -0.2) is 0 Å². The minimum absolute atomic E-state index is 0.245. The number of nitrogens with one attached hydrogen (secondary N) is 1. The molecule has 0 bridgehead atoms. The van der Waals surface area contributed by atoms with Gasteiger partial charge in [0.1, 0.15) is 0 Å². The Kier molecular flexibility index (Phi) is 2.25. The highest BCUT2D eigenvalue weighted by Crippen LogP contribution is 2.51. The van der Waals surface area contributed by atoms with E-state index in [0.29, 0.717) is 18.1 Å². The topological polar surface area (TPSA) is 26.2 Å². The summed E-state index contributed by atoms with van der Waals surface area (Å²) in [7, 11) is 0. The summed E-state index contributed by atoms with van der Waals surface area (Å²) in [6.07, 6.45) is 7.09. The molecule has 3 rings (SSSR count). The molecule has 2 fully saturated rings. The molecule has 0 radical (unpaired) electrons. The molecule has 1 saturated heterocycles. The van der Waals surface area contributed by atoms with Crippen LogP contribution >= 0.6 is 0 Å². The third-order valence-corrected chi connectivity index (χ3v) is 4.22.